The van der Waals surface area contributed by atoms with E-state index in [1.54, 1.807) is 49.4 Å². The lowest BCUT2D eigenvalue weighted by Gasteiger charge is -2.26. The number of thiophene rings is 1. The zero-order valence-electron chi connectivity index (χ0n) is 16.1. The molecule has 0 aliphatic heterocycles. The van der Waals surface area contributed by atoms with Gasteiger partial charge in [-0.15, -0.1) is 0 Å². The van der Waals surface area contributed by atoms with Gasteiger partial charge in [0.1, 0.15) is 6.54 Å². The molecule has 3 aromatic rings. The van der Waals surface area contributed by atoms with E-state index < -0.39 is 15.9 Å². The van der Waals surface area contributed by atoms with E-state index in [2.05, 4.69) is 5.32 Å². The van der Waals surface area contributed by atoms with Gasteiger partial charge in [0.05, 0.1) is 10.6 Å². The third-order valence-corrected chi connectivity index (χ3v) is 7.39. The van der Waals surface area contributed by atoms with E-state index in [1.165, 1.54) is 11.3 Å². The van der Waals surface area contributed by atoms with Gasteiger partial charge >= 0.3 is 0 Å². The van der Waals surface area contributed by atoms with Crippen LogP contribution in [0.5, 0.6) is 0 Å². The second-order valence-corrected chi connectivity index (χ2v) is 9.67. The van der Waals surface area contributed by atoms with E-state index in [1.807, 2.05) is 23.8 Å². The third-order valence-electron chi connectivity index (χ3n) is 4.47. The molecule has 0 aliphatic carbocycles. The van der Waals surface area contributed by atoms with Crippen LogP contribution in [0.3, 0.4) is 0 Å². The zero-order chi connectivity index (χ0) is 21.0. The molecule has 0 atom stereocenters. The van der Waals surface area contributed by atoms with Crippen LogP contribution in [0.4, 0.5) is 5.69 Å². The van der Waals surface area contributed by atoms with Crippen molar-refractivity contribution in [2.75, 3.05) is 10.8 Å². The van der Waals surface area contributed by atoms with Gasteiger partial charge in [0, 0.05) is 11.6 Å². The summed E-state index contributed by atoms with van der Waals surface area (Å²) in [5.74, 6) is -0.397. The summed E-state index contributed by atoms with van der Waals surface area (Å²) in [7, 11) is -3.96. The van der Waals surface area contributed by atoms with E-state index in [0.29, 0.717) is 22.8 Å². The smallest absolute Gasteiger partial charge is 0.264 e. The summed E-state index contributed by atoms with van der Waals surface area (Å²) in [6.45, 7) is 3.61. The highest BCUT2D eigenvalue weighted by atomic mass is 35.5. The minimum atomic E-state index is -3.96. The molecule has 8 heteroatoms. The van der Waals surface area contributed by atoms with E-state index >= 15 is 0 Å². The lowest BCUT2D eigenvalue weighted by atomic mass is 10.2. The Hall–Kier alpha value is -2.35. The molecule has 5 nitrogen and oxygen atoms in total. The van der Waals surface area contributed by atoms with Gasteiger partial charge in [-0.1, -0.05) is 35.4 Å². The molecule has 0 unspecified atom stereocenters. The summed E-state index contributed by atoms with van der Waals surface area (Å²) in [5.41, 5.74) is 2.89. The molecule has 3 rings (SSSR count). The highest BCUT2D eigenvalue weighted by Gasteiger charge is 2.28. The molecule has 1 aromatic heterocycles. The molecule has 0 saturated carbocycles. The maximum absolute atomic E-state index is 13.4. The number of halogens is 1. The predicted molar refractivity (Wildman–Crippen MR) is 118 cm³/mol. The summed E-state index contributed by atoms with van der Waals surface area (Å²) in [5, 5.41) is 7.07. The first kappa shape index (κ1) is 21.4. The molecule has 2 aromatic carbocycles. The summed E-state index contributed by atoms with van der Waals surface area (Å²) in [6.07, 6.45) is 0. The minimum absolute atomic E-state index is 0.119. The Labute approximate surface area is 180 Å². The average Bonchev–Trinajstić information content (AvgIpc) is 3.21. The first-order chi connectivity index (χ1) is 13.8. The maximum Gasteiger partial charge on any atom is 0.264 e. The molecule has 0 aliphatic rings. The number of nitrogens with zero attached hydrogens (tertiary/aromatic N) is 1. The second-order valence-electron chi connectivity index (χ2n) is 6.62. The lowest BCUT2D eigenvalue weighted by Crippen LogP contribution is -2.41. The van der Waals surface area contributed by atoms with Crippen molar-refractivity contribution < 1.29 is 13.2 Å². The highest BCUT2D eigenvalue weighted by molar-refractivity contribution is 7.92. The van der Waals surface area contributed by atoms with Gasteiger partial charge in [-0.3, -0.25) is 9.10 Å². The molecular weight excluding hydrogens is 428 g/mol. The number of hydrogen-bond acceptors (Lipinski definition) is 4. The Morgan fingerprint density at radius 1 is 1.10 bits per heavy atom. The summed E-state index contributed by atoms with van der Waals surface area (Å²) in [4.78, 5) is 12.7. The molecule has 0 fully saturated rings. The number of sulfonamides is 1. The van der Waals surface area contributed by atoms with Crippen molar-refractivity contribution in [2.45, 2.75) is 25.3 Å². The second kappa shape index (κ2) is 8.98. The number of benzene rings is 2. The van der Waals surface area contributed by atoms with Gasteiger partial charge in [-0.25, -0.2) is 8.42 Å². The number of carbonyl (C=O) groups is 1. The SMILES string of the molecule is Cc1ccc(S(=O)(=O)N(CC(=O)NCc2ccsc2)c2cccc(Cl)c2C)cc1. The van der Waals surface area contributed by atoms with Crippen LogP contribution < -0.4 is 9.62 Å². The van der Waals surface area contributed by atoms with Crippen LogP contribution in [0.1, 0.15) is 16.7 Å². The summed E-state index contributed by atoms with van der Waals surface area (Å²) >= 11 is 7.76. The van der Waals surface area contributed by atoms with Gasteiger partial charge in [-0.2, -0.15) is 11.3 Å². The number of aryl methyl sites for hydroxylation is 1. The Balaban J connectivity index is 1.94. The van der Waals surface area contributed by atoms with Crippen LogP contribution in [0.15, 0.2) is 64.2 Å². The Morgan fingerprint density at radius 3 is 2.48 bits per heavy atom. The number of amides is 1. The molecule has 0 radical (unpaired) electrons. The molecule has 0 saturated heterocycles. The van der Waals surface area contributed by atoms with E-state index in [-0.39, 0.29) is 11.4 Å². The maximum atomic E-state index is 13.4. The van der Waals surface area contributed by atoms with Crippen molar-refractivity contribution in [3.63, 3.8) is 0 Å². The fourth-order valence-electron chi connectivity index (χ4n) is 2.78. The minimum Gasteiger partial charge on any atom is -0.350 e. The Morgan fingerprint density at radius 2 is 1.83 bits per heavy atom. The van der Waals surface area contributed by atoms with Gasteiger partial charge < -0.3 is 5.32 Å². The van der Waals surface area contributed by atoms with E-state index in [4.69, 9.17) is 11.6 Å². The Kier molecular flexibility index (Phi) is 6.62. The summed E-state index contributed by atoms with van der Waals surface area (Å²) < 4.78 is 27.9. The van der Waals surface area contributed by atoms with Crippen LogP contribution in [0.2, 0.25) is 5.02 Å². The van der Waals surface area contributed by atoms with Crippen LogP contribution in [-0.4, -0.2) is 20.9 Å². The first-order valence-electron chi connectivity index (χ1n) is 8.91. The van der Waals surface area contributed by atoms with Crippen molar-refractivity contribution >= 4 is 44.6 Å². The van der Waals surface area contributed by atoms with Crippen molar-refractivity contribution in [3.05, 3.63) is 81.0 Å². The lowest BCUT2D eigenvalue weighted by molar-refractivity contribution is -0.119. The van der Waals surface area contributed by atoms with Crippen LogP contribution in [0, 0.1) is 13.8 Å². The van der Waals surface area contributed by atoms with Gasteiger partial charge in [0.15, 0.2) is 0 Å². The molecule has 29 heavy (non-hydrogen) atoms. The molecular formula is C21H21ClN2O3S2. The Bertz CT molecular complexity index is 1100. The first-order valence-corrected chi connectivity index (χ1v) is 11.7. The van der Waals surface area contributed by atoms with Gasteiger partial charge in [0.2, 0.25) is 5.91 Å². The molecule has 152 valence electrons. The third kappa shape index (κ3) is 4.98. The topological polar surface area (TPSA) is 66.5 Å². The fourth-order valence-corrected chi connectivity index (χ4v) is 5.10. The standard InChI is InChI=1S/C21H21ClN2O3S2/c1-15-6-8-18(9-7-15)29(26,27)24(20-5-3-4-19(22)16(20)2)13-21(25)23-12-17-10-11-28-14-17/h3-11,14H,12-13H2,1-2H3,(H,23,25). The van der Waals surface area contributed by atoms with Crippen molar-refractivity contribution in [1.29, 1.82) is 0 Å². The van der Waals surface area contributed by atoms with Crippen LogP contribution in [-0.2, 0) is 21.4 Å². The van der Waals surface area contributed by atoms with Crippen LogP contribution >= 0.6 is 22.9 Å². The quantitative estimate of drug-likeness (QED) is 0.577. The van der Waals surface area contributed by atoms with E-state index in [9.17, 15) is 13.2 Å². The molecule has 1 N–H and O–H groups in total. The molecule has 1 amide bonds. The predicted octanol–water partition coefficient (Wildman–Crippen LogP) is 4.53. The van der Waals surface area contributed by atoms with Gasteiger partial charge in [-0.05, 0) is 66.1 Å². The number of nitrogens with one attached hydrogen (secondary N) is 1. The normalized spacial score (nSPS) is 11.3. The van der Waals surface area contributed by atoms with E-state index in [0.717, 1.165) is 15.4 Å². The van der Waals surface area contributed by atoms with Gasteiger partial charge in [0.25, 0.3) is 10.0 Å². The molecule has 0 spiro atoms. The van der Waals surface area contributed by atoms with Crippen LogP contribution in [0.25, 0.3) is 0 Å². The molecule has 1 heterocycles. The number of hydrogen-bond donors (Lipinski definition) is 1. The average molecular weight is 449 g/mol. The van der Waals surface area contributed by atoms with Crippen molar-refractivity contribution in [2.24, 2.45) is 0 Å². The fraction of sp³-hybridized carbons (Fsp3) is 0.190. The monoisotopic (exact) mass is 448 g/mol. The molecule has 0 bridgehead atoms. The largest absolute Gasteiger partial charge is 0.350 e. The zero-order valence-corrected chi connectivity index (χ0v) is 18.4. The summed E-state index contributed by atoms with van der Waals surface area (Å²) in [6, 6.07) is 13.5. The number of anilines is 1. The highest BCUT2D eigenvalue weighted by Crippen LogP contribution is 2.30. The van der Waals surface area contributed by atoms with Crippen molar-refractivity contribution in [1.82, 2.24) is 5.32 Å². The number of carbonyl (C=O) groups excluding carboxylic acids is 1. The van der Waals surface area contributed by atoms with Crippen molar-refractivity contribution in [3.8, 4) is 0 Å². The number of rotatable bonds is 7.